The molecule has 30 heavy (non-hydrogen) atoms. The highest BCUT2D eigenvalue weighted by Crippen LogP contribution is 2.32. The number of fused-ring (bicyclic) bond motifs is 1. The first-order valence-corrected chi connectivity index (χ1v) is 11.2. The Labute approximate surface area is 182 Å². The topological polar surface area (TPSA) is 54.3 Å². The van der Waals surface area contributed by atoms with E-state index in [1.54, 1.807) is 0 Å². The molecular weight excluding hydrogens is 396 g/mol. The molecule has 0 amide bonds. The first-order chi connectivity index (χ1) is 14.5. The maximum absolute atomic E-state index is 12.4. The van der Waals surface area contributed by atoms with Crippen molar-refractivity contribution in [2.24, 2.45) is 11.8 Å². The van der Waals surface area contributed by atoms with Gasteiger partial charge in [0, 0.05) is 40.6 Å². The highest BCUT2D eigenvalue weighted by atomic mass is 35.5. The molecule has 1 saturated carbocycles. The van der Waals surface area contributed by atoms with Crippen LogP contribution in [0.1, 0.15) is 54.7 Å². The van der Waals surface area contributed by atoms with E-state index in [9.17, 15) is 9.90 Å². The maximum atomic E-state index is 12.4. The van der Waals surface area contributed by atoms with Crippen LogP contribution in [0.25, 0.3) is 10.9 Å². The summed E-state index contributed by atoms with van der Waals surface area (Å²) in [7, 11) is 0. The highest BCUT2D eigenvalue weighted by molar-refractivity contribution is 6.31. The summed E-state index contributed by atoms with van der Waals surface area (Å²) in [6.45, 7) is 5.61. The van der Waals surface area contributed by atoms with E-state index in [0.717, 1.165) is 28.5 Å². The first-order valence-electron chi connectivity index (χ1n) is 10.8. The third-order valence-electron chi connectivity index (χ3n) is 6.81. The van der Waals surface area contributed by atoms with Crippen LogP contribution in [-0.4, -0.2) is 21.7 Å². The van der Waals surface area contributed by atoms with Crippen molar-refractivity contribution in [3.8, 4) is 0 Å². The third-order valence-corrected chi connectivity index (χ3v) is 7.18. The monoisotopic (exact) mass is 424 g/mol. The van der Waals surface area contributed by atoms with Crippen LogP contribution in [0.5, 0.6) is 0 Å². The van der Waals surface area contributed by atoms with E-state index in [4.69, 9.17) is 11.6 Å². The summed E-state index contributed by atoms with van der Waals surface area (Å²) in [5, 5.41) is 15.5. The van der Waals surface area contributed by atoms with Gasteiger partial charge in [0.25, 0.3) is 0 Å². The number of halogens is 1. The minimum atomic E-state index is -0.903. The molecule has 1 aliphatic rings. The van der Waals surface area contributed by atoms with Gasteiger partial charge >= 0.3 is 5.97 Å². The molecule has 2 aromatic carbocycles. The number of nitrogens with one attached hydrogen (secondary N) is 1. The van der Waals surface area contributed by atoms with E-state index >= 15 is 0 Å². The van der Waals surface area contributed by atoms with Crippen LogP contribution in [0, 0.1) is 11.8 Å². The van der Waals surface area contributed by atoms with Crippen molar-refractivity contribution in [2.75, 3.05) is 0 Å². The average Bonchev–Trinajstić information content (AvgIpc) is 3.04. The minimum Gasteiger partial charge on any atom is -0.477 e. The molecule has 0 radical (unpaired) electrons. The molecule has 0 spiro atoms. The van der Waals surface area contributed by atoms with Crippen LogP contribution in [0.2, 0.25) is 5.02 Å². The van der Waals surface area contributed by atoms with Crippen LogP contribution in [0.15, 0.2) is 48.5 Å². The number of carbonyl (C=O) groups is 1. The highest BCUT2D eigenvalue weighted by Gasteiger charge is 2.28. The second kappa shape index (κ2) is 8.83. The van der Waals surface area contributed by atoms with Gasteiger partial charge in [0.15, 0.2) is 0 Å². The number of hydrogen-bond donors (Lipinski definition) is 2. The minimum absolute atomic E-state index is 0.347. The van der Waals surface area contributed by atoms with Gasteiger partial charge in [-0.05, 0) is 36.0 Å². The number of nitrogens with zero attached hydrogens (tertiary/aromatic N) is 1. The Morgan fingerprint density at radius 3 is 2.63 bits per heavy atom. The zero-order chi connectivity index (χ0) is 21.3. The van der Waals surface area contributed by atoms with E-state index in [1.807, 2.05) is 53.1 Å². The van der Waals surface area contributed by atoms with E-state index in [2.05, 4.69) is 19.2 Å². The summed E-state index contributed by atoms with van der Waals surface area (Å²) in [5.74, 6) is 0.375. The number of para-hydroxylation sites is 1. The zero-order valence-corrected chi connectivity index (χ0v) is 18.3. The average molecular weight is 425 g/mol. The lowest BCUT2D eigenvalue weighted by Crippen LogP contribution is -2.40. The lowest BCUT2D eigenvalue weighted by Gasteiger charge is -2.34. The quantitative estimate of drug-likeness (QED) is 0.513. The second-order valence-corrected chi connectivity index (χ2v) is 8.99. The summed E-state index contributed by atoms with van der Waals surface area (Å²) in [5.41, 5.74) is 3.05. The fourth-order valence-electron chi connectivity index (χ4n) is 4.86. The van der Waals surface area contributed by atoms with Gasteiger partial charge in [0.05, 0.1) is 0 Å². The van der Waals surface area contributed by atoms with Gasteiger partial charge in [-0.1, -0.05) is 74.7 Å². The summed E-state index contributed by atoms with van der Waals surface area (Å²) in [6.07, 6.45) is 3.65. The second-order valence-electron chi connectivity index (χ2n) is 8.58. The Bertz CT molecular complexity index is 1060. The number of hydrogen-bond acceptors (Lipinski definition) is 2. The Morgan fingerprint density at radius 1 is 1.13 bits per heavy atom. The van der Waals surface area contributed by atoms with E-state index in [1.165, 1.54) is 12.8 Å². The van der Waals surface area contributed by atoms with Gasteiger partial charge in [-0.15, -0.1) is 0 Å². The van der Waals surface area contributed by atoms with Crippen molar-refractivity contribution < 1.29 is 9.90 Å². The summed E-state index contributed by atoms with van der Waals surface area (Å²) in [4.78, 5) is 12.4. The predicted molar refractivity (Wildman–Crippen MR) is 122 cm³/mol. The van der Waals surface area contributed by atoms with Crippen molar-refractivity contribution in [3.63, 3.8) is 0 Å². The van der Waals surface area contributed by atoms with E-state index in [0.29, 0.717) is 41.7 Å². The van der Waals surface area contributed by atoms with E-state index < -0.39 is 5.97 Å². The fourth-order valence-corrected chi connectivity index (χ4v) is 5.06. The first kappa shape index (κ1) is 21.0. The molecule has 4 nitrogen and oxygen atoms in total. The molecule has 0 bridgehead atoms. The van der Waals surface area contributed by atoms with Crippen LogP contribution in [0.4, 0.5) is 0 Å². The van der Waals surface area contributed by atoms with Gasteiger partial charge in [0.2, 0.25) is 0 Å². The largest absolute Gasteiger partial charge is 0.477 e. The maximum Gasteiger partial charge on any atom is 0.352 e. The molecule has 0 saturated heterocycles. The molecule has 4 rings (SSSR count). The number of rotatable bonds is 6. The number of benzene rings is 2. The van der Waals surface area contributed by atoms with Crippen LogP contribution < -0.4 is 5.32 Å². The smallest absolute Gasteiger partial charge is 0.352 e. The molecule has 1 heterocycles. The number of aromatic nitrogens is 1. The lowest BCUT2D eigenvalue weighted by atomic mass is 9.78. The molecule has 3 atom stereocenters. The lowest BCUT2D eigenvalue weighted by molar-refractivity contribution is 0.0684. The van der Waals surface area contributed by atoms with Crippen LogP contribution in [0.3, 0.4) is 0 Å². The molecule has 5 heteroatoms. The Kier molecular flexibility index (Phi) is 6.16. The molecule has 3 aromatic rings. The number of carboxylic acid groups (broad SMARTS) is 1. The summed E-state index contributed by atoms with van der Waals surface area (Å²) in [6, 6.07) is 16.0. The summed E-state index contributed by atoms with van der Waals surface area (Å²) < 4.78 is 1.89. The van der Waals surface area contributed by atoms with Crippen molar-refractivity contribution in [2.45, 2.75) is 52.2 Å². The molecule has 1 aromatic heterocycles. The number of aromatic carboxylic acids is 1. The normalized spacial score (nSPS) is 21.8. The van der Waals surface area contributed by atoms with Crippen molar-refractivity contribution in [1.29, 1.82) is 0 Å². The van der Waals surface area contributed by atoms with Crippen molar-refractivity contribution >= 4 is 28.5 Å². The van der Waals surface area contributed by atoms with Gasteiger partial charge in [-0.2, -0.15) is 0 Å². The molecule has 1 fully saturated rings. The van der Waals surface area contributed by atoms with Gasteiger partial charge in [-0.25, -0.2) is 4.79 Å². The molecule has 158 valence electrons. The standard InChI is InChI=1S/C25H29ClN2O2/c1-16-8-7-12-22(17(16)2)27-14-20-19-10-4-6-13-23(19)28(24(20)25(29)30)15-18-9-3-5-11-21(18)26/h3-6,9-11,13,16-17,22,27H,7-8,12,14-15H2,1-2H3,(H,29,30). The van der Waals surface area contributed by atoms with Crippen LogP contribution in [-0.2, 0) is 13.1 Å². The van der Waals surface area contributed by atoms with Gasteiger partial charge in [0.1, 0.15) is 5.69 Å². The SMILES string of the molecule is CC1CCCC(NCc2c(C(=O)O)n(Cc3ccccc3Cl)c3ccccc23)C1C. The van der Waals surface area contributed by atoms with Crippen LogP contribution >= 0.6 is 11.6 Å². The molecule has 2 N–H and O–H groups in total. The summed E-state index contributed by atoms with van der Waals surface area (Å²) >= 11 is 6.38. The van der Waals surface area contributed by atoms with Crippen molar-refractivity contribution in [1.82, 2.24) is 9.88 Å². The fraction of sp³-hybridized carbons (Fsp3) is 0.400. The zero-order valence-electron chi connectivity index (χ0n) is 17.6. The van der Waals surface area contributed by atoms with E-state index in [-0.39, 0.29) is 0 Å². The molecular formula is C25H29ClN2O2. The Morgan fingerprint density at radius 2 is 1.87 bits per heavy atom. The molecule has 1 aliphatic carbocycles. The van der Waals surface area contributed by atoms with Crippen molar-refractivity contribution in [3.05, 3.63) is 70.4 Å². The van der Waals surface area contributed by atoms with Gasteiger partial charge < -0.3 is 15.0 Å². The molecule has 0 aliphatic heterocycles. The number of carboxylic acids is 1. The Balaban J connectivity index is 1.73. The Hall–Kier alpha value is -2.30. The van der Waals surface area contributed by atoms with Gasteiger partial charge in [-0.3, -0.25) is 0 Å². The molecule has 3 unspecified atom stereocenters. The third kappa shape index (κ3) is 3.99. The predicted octanol–water partition coefficient (Wildman–Crippen LogP) is 5.96.